The molecule has 2 atom stereocenters. The van der Waals surface area contributed by atoms with Crippen molar-refractivity contribution in [3.05, 3.63) is 0 Å². The molecule has 0 aliphatic rings. The van der Waals surface area contributed by atoms with Crippen LogP contribution in [0.5, 0.6) is 0 Å². The van der Waals surface area contributed by atoms with Crippen LogP contribution in [0.3, 0.4) is 0 Å². The summed E-state index contributed by atoms with van der Waals surface area (Å²) in [5.41, 5.74) is 5.91. The van der Waals surface area contributed by atoms with Gasteiger partial charge in [0.25, 0.3) is 0 Å². The number of hydrogen-bond donors (Lipinski definition) is 2. The highest BCUT2D eigenvalue weighted by Crippen LogP contribution is 2.05. The van der Waals surface area contributed by atoms with E-state index in [0.29, 0.717) is 12.5 Å². The molecule has 0 heterocycles. The molecule has 4 nitrogen and oxygen atoms in total. The van der Waals surface area contributed by atoms with Crippen LogP contribution in [0, 0.1) is 11.8 Å². The molecule has 0 fully saturated rings. The quantitative estimate of drug-likeness (QED) is 0.666. The lowest BCUT2D eigenvalue weighted by Gasteiger charge is -2.22. The maximum atomic E-state index is 10.6. The second kappa shape index (κ2) is 6.80. The van der Waals surface area contributed by atoms with Gasteiger partial charge in [-0.2, -0.15) is 0 Å². The van der Waals surface area contributed by atoms with Gasteiger partial charge >= 0.3 is 5.97 Å². The fourth-order valence-electron chi connectivity index (χ4n) is 1.34. The van der Waals surface area contributed by atoms with Gasteiger partial charge in [-0.05, 0) is 25.9 Å². The van der Waals surface area contributed by atoms with Gasteiger partial charge in [0.2, 0.25) is 0 Å². The van der Waals surface area contributed by atoms with Crippen molar-refractivity contribution < 1.29 is 9.90 Å². The maximum absolute atomic E-state index is 10.6. The Morgan fingerprint density at radius 2 is 1.93 bits per heavy atom. The smallest absolute Gasteiger partial charge is 0.307 e. The summed E-state index contributed by atoms with van der Waals surface area (Å²) < 4.78 is 0. The Morgan fingerprint density at radius 1 is 1.40 bits per heavy atom. The fourth-order valence-corrected chi connectivity index (χ4v) is 1.34. The van der Waals surface area contributed by atoms with E-state index in [0.717, 1.165) is 13.0 Å². The van der Waals surface area contributed by atoms with E-state index in [9.17, 15) is 4.79 Å². The van der Waals surface area contributed by atoms with E-state index in [1.165, 1.54) is 0 Å². The molecular weight excluding hydrogens is 192 g/mol. The van der Waals surface area contributed by atoms with Gasteiger partial charge in [0.15, 0.2) is 0 Å². The zero-order valence-corrected chi connectivity index (χ0v) is 10.2. The average molecular weight is 216 g/mol. The van der Waals surface area contributed by atoms with Crippen LogP contribution in [0.25, 0.3) is 0 Å². The summed E-state index contributed by atoms with van der Waals surface area (Å²) in [6.07, 6.45) is 0.917. The highest BCUT2D eigenvalue weighted by molar-refractivity contribution is 5.69. The van der Waals surface area contributed by atoms with E-state index in [-0.39, 0.29) is 12.0 Å². The van der Waals surface area contributed by atoms with E-state index < -0.39 is 5.97 Å². The minimum absolute atomic E-state index is 0.201. The van der Waals surface area contributed by atoms with E-state index >= 15 is 0 Å². The lowest BCUT2D eigenvalue weighted by Crippen LogP contribution is -2.34. The van der Waals surface area contributed by atoms with Gasteiger partial charge in [0, 0.05) is 12.6 Å². The van der Waals surface area contributed by atoms with Gasteiger partial charge < -0.3 is 15.7 Å². The van der Waals surface area contributed by atoms with E-state index in [1.807, 2.05) is 11.9 Å². The summed E-state index contributed by atoms with van der Waals surface area (Å²) in [7, 11) is 1.94. The minimum atomic E-state index is -0.741. The molecule has 0 aromatic rings. The Kier molecular flexibility index (Phi) is 6.52. The Balaban J connectivity index is 3.75. The molecule has 90 valence electrons. The number of rotatable bonds is 7. The predicted molar refractivity (Wildman–Crippen MR) is 61.7 cm³/mol. The molecule has 0 aliphatic carbocycles. The molecule has 0 aliphatic heterocycles. The summed E-state index contributed by atoms with van der Waals surface area (Å²) in [5.74, 6) is -0.574. The van der Waals surface area contributed by atoms with Gasteiger partial charge in [0.1, 0.15) is 0 Å². The number of nitrogens with two attached hydrogens (primary N) is 1. The number of aliphatic carboxylic acids is 1. The van der Waals surface area contributed by atoms with E-state index in [1.54, 1.807) is 6.92 Å². The van der Waals surface area contributed by atoms with Crippen LogP contribution in [-0.4, -0.2) is 42.2 Å². The first-order valence-corrected chi connectivity index (χ1v) is 5.51. The van der Waals surface area contributed by atoms with Gasteiger partial charge in [-0.15, -0.1) is 0 Å². The molecule has 0 bridgehead atoms. The first kappa shape index (κ1) is 14.4. The van der Waals surface area contributed by atoms with E-state index in [4.69, 9.17) is 10.8 Å². The Labute approximate surface area is 92.4 Å². The minimum Gasteiger partial charge on any atom is -0.481 e. The third-order valence-corrected chi connectivity index (χ3v) is 2.71. The molecule has 0 radical (unpaired) electrons. The van der Waals surface area contributed by atoms with Crippen LogP contribution in [0.2, 0.25) is 0 Å². The third kappa shape index (κ3) is 6.47. The third-order valence-electron chi connectivity index (χ3n) is 2.71. The normalized spacial score (nSPS) is 15.7. The van der Waals surface area contributed by atoms with Crippen molar-refractivity contribution in [2.45, 2.75) is 33.2 Å². The summed E-state index contributed by atoms with van der Waals surface area (Å²) in [4.78, 5) is 12.7. The molecule has 15 heavy (non-hydrogen) atoms. The number of carboxylic acids is 1. The molecule has 0 rings (SSSR count). The molecule has 0 saturated carbocycles. The zero-order chi connectivity index (χ0) is 12.0. The molecule has 0 aromatic heterocycles. The zero-order valence-electron chi connectivity index (χ0n) is 10.2. The second-order valence-corrected chi connectivity index (χ2v) is 4.70. The largest absolute Gasteiger partial charge is 0.481 e. The lowest BCUT2D eigenvalue weighted by molar-refractivity contribution is -0.141. The first-order valence-electron chi connectivity index (χ1n) is 5.51. The summed E-state index contributed by atoms with van der Waals surface area (Å²) in [6.45, 7) is 7.37. The molecule has 2 unspecified atom stereocenters. The summed E-state index contributed by atoms with van der Waals surface area (Å²) in [6, 6.07) is 0.201. The van der Waals surface area contributed by atoms with Crippen LogP contribution >= 0.6 is 0 Å². The van der Waals surface area contributed by atoms with Gasteiger partial charge in [-0.3, -0.25) is 4.79 Å². The molecule has 0 amide bonds. The standard InChI is InChI=1S/C11H24N2O2/c1-8(2)10(12)5-6-13(4)7-9(3)11(14)15/h8-10H,5-7,12H2,1-4H3,(H,14,15). The van der Waals surface area contributed by atoms with Crippen LogP contribution < -0.4 is 5.73 Å². The van der Waals surface area contributed by atoms with Crippen molar-refractivity contribution >= 4 is 5.97 Å². The molecule has 0 aromatic carbocycles. The SMILES string of the molecule is CC(CN(C)CCC(N)C(C)C)C(=O)O. The van der Waals surface area contributed by atoms with Gasteiger partial charge in [0.05, 0.1) is 5.92 Å². The fraction of sp³-hybridized carbons (Fsp3) is 0.909. The van der Waals surface area contributed by atoms with Crippen molar-refractivity contribution in [3.63, 3.8) is 0 Å². The Hall–Kier alpha value is -0.610. The first-order chi connectivity index (χ1) is 6.84. The van der Waals surface area contributed by atoms with Gasteiger partial charge in [-0.25, -0.2) is 0 Å². The molecular formula is C11H24N2O2. The Bertz CT molecular complexity index is 195. The van der Waals surface area contributed by atoms with Crippen LogP contribution in [0.15, 0.2) is 0 Å². The molecule has 0 saturated heterocycles. The highest BCUT2D eigenvalue weighted by atomic mass is 16.4. The van der Waals surface area contributed by atoms with Crippen molar-refractivity contribution in [2.24, 2.45) is 17.6 Å². The number of carboxylic acid groups (broad SMARTS) is 1. The van der Waals surface area contributed by atoms with Crippen molar-refractivity contribution in [3.8, 4) is 0 Å². The van der Waals surface area contributed by atoms with Crippen molar-refractivity contribution in [1.29, 1.82) is 0 Å². The van der Waals surface area contributed by atoms with Gasteiger partial charge in [-0.1, -0.05) is 20.8 Å². The maximum Gasteiger partial charge on any atom is 0.307 e. The molecule has 3 N–H and O–H groups in total. The van der Waals surface area contributed by atoms with Crippen LogP contribution in [-0.2, 0) is 4.79 Å². The monoisotopic (exact) mass is 216 g/mol. The van der Waals surface area contributed by atoms with E-state index in [2.05, 4.69) is 13.8 Å². The Morgan fingerprint density at radius 3 is 2.33 bits per heavy atom. The van der Waals surface area contributed by atoms with Crippen LogP contribution in [0.4, 0.5) is 0 Å². The van der Waals surface area contributed by atoms with Crippen molar-refractivity contribution in [1.82, 2.24) is 4.90 Å². The highest BCUT2D eigenvalue weighted by Gasteiger charge is 2.14. The predicted octanol–water partition coefficient (Wildman–Crippen LogP) is 1.01. The topological polar surface area (TPSA) is 66.6 Å². The number of carbonyl (C=O) groups is 1. The van der Waals surface area contributed by atoms with Crippen molar-refractivity contribution in [2.75, 3.05) is 20.1 Å². The number of nitrogens with zero attached hydrogens (tertiary/aromatic N) is 1. The lowest BCUT2D eigenvalue weighted by atomic mass is 10.0. The average Bonchev–Trinajstić information content (AvgIpc) is 2.13. The van der Waals surface area contributed by atoms with Crippen LogP contribution in [0.1, 0.15) is 27.2 Å². The second-order valence-electron chi connectivity index (χ2n) is 4.70. The molecule has 4 heteroatoms. The molecule has 0 spiro atoms. The summed E-state index contributed by atoms with van der Waals surface area (Å²) in [5, 5.41) is 8.75. The number of hydrogen-bond acceptors (Lipinski definition) is 3. The summed E-state index contributed by atoms with van der Waals surface area (Å²) >= 11 is 0.